The van der Waals surface area contributed by atoms with E-state index >= 15 is 0 Å². The van der Waals surface area contributed by atoms with Crippen LogP contribution in [0.25, 0.3) is 48.8 Å². The first-order valence-electron chi connectivity index (χ1n) is 19.3. The van der Waals surface area contributed by atoms with Gasteiger partial charge in [0.25, 0.3) is 0 Å². The summed E-state index contributed by atoms with van der Waals surface area (Å²) in [6, 6.07) is 23.5. The molecule has 0 radical (unpaired) electrons. The third-order valence-electron chi connectivity index (χ3n) is 9.65. The Morgan fingerprint density at radius 2 is 0.740 bits per heavy atom. The van der Waals surface area contributed by atoms with E-state index in [0.29, 0.717) is 0 Å². The molecule has 6 aromatic rings. The van der Waals surface area contributed by atoms with Gasteiger partial charge in [0.05, 0.1) is 0 Å². The van der Waals surface area contributed by atoms with Crippen molar-refractivity contribution in [3.05, 3.63) is 82.6 Å². The van der Waals surface area contributed by atoms with Gasteiger partial charge in [-0.15, -0.1) is 68.0 Å². The van der Waals surface area contributed by atoms with Crippen molar-refractivity contribution in [1.82, 2.24) is 0 Å². The van der Waals surface area contributed by atoms with Gasteiger partial charge in [-0.25, -0.2) is 0 Å². The second-order valence-electron chi connectivity index (χ2n) is 13.7. The Bertz CT molecular complexity index is 1660. The Morgan fingerprint density at radius 1 is 0.360 bits per heavy atom. The molecule has 0 saturated heterocycles. The van der Waals surface area contributed by atoms with Gasteiger partial charge in [-0.1, -0.05) is 116 Å². The molecular formula is C44H54S6. The van der Waals surface area contributed by atoms with Gasteiger partial charge >= 0.3 is 0 Å². The van der Waals surface area contributed by atoms with Crippen LogP contribution in [0.1, 0.15) is 128 Å². The van der Waals surface area contributed by atoms with Crippen LogP contribution < -0.4 is 0 Å². The standard InChI is InChI=1S/C44H54S6/c1-3-5-7-9-11-13-15-17-21-33-31-41(49-43(33)39-27-25-37(47-39)35-23-19-29-45-35)42-32-34(22-18-16-14-12-10-8-6-4-2)44(50-42)40-28-26-38(48-40)36-24-20-30-46-36/h19-20,23-32H,3-18,21-22H2,1-2H3. The molecule has 0 unspecified atom stereocenters. The van der Waals surface area contributed by atoms with Crippen molar-refractivity contribution in [1.29, 1.82) is 0 Å². The summed E-state index contributed by atoms with van der Waals surface area (Å²) in [5.74, 6) is 0. The molecule has 6 heterocycles. The van der Waals surface area contributed by atoms with Gasteiger partial charge in [0.2, 0.25) is 0 Å². The summed E-state index contributed by atoms with van der Waals surface area (Å²) in [5, 5.41) is 4.39. The number of hydrogen-bond donors (Lipinski definition) is 0. The zero-order valence-corrected chi connectivity index (χ0v) is 35.0. The SMILES string of the molecule is CCCCCCCCCCc1cc(-c2cc(CCCCCCCCCC)c(-c3ccc(-c4cccs4)s3)s2)sc1-c1ccc(-c2cccs2)s1. The van der Waals surface area contributed by atoms with Gasteiger partial charge in [-0.2, -0.15) is 0 Å². The Labute approximate surface area is 326 Å². The molecule has 0 N–H and O–H groups in total. The highest BCUT2D eigenvalue weighted by molar-refractivity contribution is 7.30. The fourth-order valence-corrected chi connectivity index (χ4v) is 13.3. The fourth-order valence-electron chi connectivity index (χ4n) is 6.81. The lowest BCUT2D eigenvalue weighted by molar-refractivity contribution is 0.576. The summed E-state index contributed by atoms with van der Waals surface area (Å²) in [6.45, 7) is 4.62. The minimum Gasteiger partial charge on any atom is -0.143 e. The highest BCUT2D eigenvalue weighted by Crippen LogP contribution is 2.49. The van der Waals surface area contributed by atoms with E-state index < -0.39 is 0 Å². The van der Waals surface area contributed by atoms with Crippen LogP contribution in [-0.2, 0) is 12.8 Å². The van der Waals surface area contributed by atoms with Crippen LogP contribution in [-0.4, -0.2) is 0 Å². The van der Waals surface area contributed by atoms with Crippen molar-refractivity contribution in [3.63, 3.8) is 0 Å². The zero-order valence-electron chi connectivity index (χ0n) is 30.1. The maximum Gasteiger partial charge on any atom is 0.0481 e. The summed E-state index contributed by atoms with van der Waals surface area (Å²) < 4.78 is 0. The van der Waals surface area contributed by atoms with Gasteiger partial charge in [-0.3, -0.25) is 0 Å². The maximum absolute atomic E-state index is 2.58. The molecule has 6 aromatic heterocycles. The Morgan fingerprint density at radius 3 is 1.12 bits per heavy atom. The molecule has 0 nitrogen and oxygen atoms in total. The van der Waals surface area contributed by atoms with Gasteiger partial charge < -0.3 is 0 Å². The molecule has 0 saturated carbocycles. The summed E-state index contributed by atoms with van der Waals surface area (Å²) in [4.78, 5) is 14.4. The minimum atomic E-state index is 1.19. The topological polar surface area (TPSA) is 0 Å². The first kappa shape index (κ1) is 37.9. The lowest BCUT2D eigenvalue weighted by Crippen LogP contribution is -1.86. The normalized spacial score (nSPS) is 11.6. The van der Waals surface area contributed by atoms with E-state index in [1.807, 2.05) is 68.0 Å². The first-order valence-corrected chi connectivity index (χ1v) is 24.3. The molecule has 0 atom stereocenters. The van der Waals surface area contributed by atoms with Crippen LogP contribution in [0.5, 0.6) is 0 Å². The molecule has 0 aliphatic carbocycles. The Balaban J connectivity index is 1.23. The zero-order chi connectivity index (χ0) is 34.4. The van der Waals surface area contributed by atoms with Crippen LogP contribution in [0.15, 0.2) is 71.4 Å². The molecule has 0 aliphatic rings. The lowest BCUT2D eigenvalue weighted by Gasteiger charge is -2.03. The third kappa shape index (κ3) is 10.6. The van der Waals surface area contributed by atoms with Gasteiger partial charge in [0.1, 0.15) is 0 Å². The molecule has 0 aliphatic heterocycles. The molecule has 0 aromatic carbocycles. The van der Waals surface area contributed by atoms with Gasteiger partial charge in [0.15, 0.2) is 0 Å². The smallest absolute Gasteiger partial charge is 0.0481 e. The quantitative estimate of drug-likeness (QED) is 0.0569. The van der Waals surface area contributed by atoms with Gasteiger partial charge in [-0.05, 0) is 96.1 Å². The van der Waals surface area contributed by atoms with Crippen LogP contribution >= 0.6 is 68.0 Å². The van der Waals surface area contributed by atoms with Gasteiger partial charge in [0, 0.05) is 48.8 Å². The monoisotopic (exact) mass is 774 g/mol. The molecular weight excluding hydrogens is 721 g/mol. The molecule has 0 spiro atoms. The highest BCUT2D eigenvalue weighted by atomic mass is 32.1. The summed E-state index contributed by atoms with van der Waals surface area (Å²) >= 11 is 11.7. The van der Waals surface area contributed by atoms with E-state index in [9.17, 15) is 0 Å². The molecule has 6 heteroatoms. The molecule has 0 bridgehead atoms. The predicted molar refractivity (Wildman–Crippen MR) is 234 cm³/mol. The van der Waals surface area contributed by atoms with E-state index in [1.54, 1.807) is 11.1 Å². The van der Waals surface area contributed by atoms with Crippen molar-refractivity contribution in [2.45, 2.75) is 129 Å². The van der Waals surface area contributed by atoms with Crippen molar-refractivity contribution < 1.29 is 0 Å². The van der Waals surface area contributed by atoms with Crippen LogP contribution in [0.3, 0.4) is 0 Å². The van der Waals surface area contributed by atoms with E-state index in [4.69, 9.17) is 0 Å². The van der Waals surface area contributed by atoms with E-state index in [0.717, 1.165) is 0 Å². The average molecular weight is 775 g/mol. The van der Waals surface area contributed by atoms with E-state index in [2.05, 4.69) is 85.3 Å². The fraction of sp³-hybridized carbons (Fsp3) is 0.455. The van der Waals surface area contributed by atoms with E-state index in [1.165, 1.54) is 164 Å². The van der Waals surface area contributed by atoms with Crippen LogP contribution in [0, 0.1) is 0 Å². The van der Waals surface area contributed by atoms with Crippen molar-refractivity contribution in [3.8, 4) is 48.8 Å². The van der Waals surface area contributed by atoms with E-state index in [-0.39, 0.29) is 0 Å². The molecule has 0 fully saturated rings. The largest absolute Gasteiger partial charge is 0.143 e. The minimum absolute atomic E-state index is 1.19. The summed E-state index contributed by atoms with van der Waals surface area (Å²) in [5.41, 5.74) is 3.12. The van der Waals surface area contributed by atoms with Crippen molar-refractivity contribution >= 4 is 68.0 Å². The summed E-state index contributed by atoms with van der Waals surface area (Å²) in [7, 11) is 0. The second-order valence-corrected chi connectivity index (χ2v) is 19.8. The molecule has 0 amide bonds. The highest BCUT2D eigenvalue weighted by Gasteiger charge is 2.20. The Hall–Kier alpha value is -1.80. The number of rotatable bonds is 23. The third-order valence-corrected chi connectivity index (χ3v) is 16.9. The second kappa shape index (κ2) is 20.4. The van der Waals surface area contributed by atoms with Crippen molar-refractivity contribution in [2.75, 3.05) is 0 Å². The maximum atomic E-state index is 2.58. The molecule has 50 heavy (non-hydrogen) atoms. The number of unbranched alkanes of at least 4 members (excludes halogenated alkanes) is 14. The van der Waals surface area contributed by atoms with Crippen molar-refractivity contribution in [2.24, 2.45) is 0 Å². The first-order chi connectivity index (χ1) is 24.7. The average Bonchev–Trinajstić information content (AvgIpc) is 3.98. The summed E-state index contributed by atoms with van der Waals surface area (Å²) in [6.07, 6.45) is 24.3. The number of hydrogen-bond acceptors (Lipinski definition) is 6. The predicted octanol–water partition coefficient (Wildman–Crippen LogP) is 17.8. The molecule has 266 valence electrons. The molecule has 6 rings (SSSR count). The Kier molecular flexibility index (Phi) is 15.5. The van der Waals surface area contributed by atoms with Crippen LogP contribution in [0.2, 0.25) is 0 Å². The number of aryl methyl sites for hydroxylation is 2. The van der Waals surface area contributed by atoms with Crippen LogP contribution in [0.4, 0.5) is 0 Å². The number of thiophene rings is 6. The lowest BCUT2D eigenvalue weighted by atomic mass is 10.0.